The fraction of sp³-hybridized carbons (Fsp3) is 0.200. The molecule has 4 rings (SSSR count). The van der Waals surface area contributed by atoms with Gasteiger partial charge in [-0.05, 0) is 61.1 Å². The predicted molar refractivity (Wildman–Crippen MR) is 137 cm³/mol. The van der Waals surface area contributed by atoms with Crippen LogP contribution in [-0.4, -0.2) is 17.0 Å². The van der Waals surface area contributed by atoms with E-state index in [2.05, 4.69) is 85.8 Å². The maximum Gasteiger partial charge on any atom is 0.134 e. The fourth-order valence-electron chi connectivity index (χ4n) is 4.11. The lowest BCUT2D eigenvalue weighted by Gasteiger charge is -2.16. The van der Waals surface area contributed by atoms with Gasteiger partial charge in [-0.3, -0.25) is 9.79 Å². The fourth-order valence-corrected chi connectivity index (χ4v) is 4.11. The normalized spacial score (nSPS) is 15.8. The zero-order valence-corrected chi connectivity index (χ0v) is 19.4. The number of benzene rings is 2. The molecule has 2 aliphatic rings. The van der Waals surface area contributed by atoms with E-state index < -0.39 is 0 Å². The van der Waals surface area contributed by atoms with E-state index in [-0.39, 0.29) is 17.2 Å². The number of aliphatic imine (C=N–C) groups is 1. The Kier molecular flexibility index (Phi) is 7.43. The first-order valence-corrected chi connectivity index (χ1v) is 10.9. The maximum absolute atomic E-state index is 11.6. The van der Waals surface area contributed by atoms with E-state index >= 15 is 0 Å². The molecule has 1 unspecified atom stereocenters. The van der Waals surface area contributed by atoms with Gasteiger partial charge in [-0.15, -0.1) is 0 Å². The molecule has 2 aromatic carbocycles. The minimum atomic E-state index is 0. The summed E-state index contributed by atoms with van der Waals surface area (Å²) >= 11 is 0. The molecule has 166 valence electrons. The standard InChI is InChI=1S/C30H27NO.H2O/c1-20-7-5-8-24(15-20)16-22(3)26-12-11-21(2)25(18-26)13-14-28-19-31-30-27(17-23(4)32)9-6-10-29(28)30;/h5-12,15,18-19,29H,3,16-17H2,1-2,4H3;1H2. The Labute approximate surface area is 196 Å². The summed E-state index contributed by atoms with van der Waals surface area (Å²) < 4.78 is 0. The van der Waals surface area contributed by atoms with Crippen LogP contribution in [0.15, 0.2) is 89.6 Å². The van der Waals surface area contributed by atoms with Crippen molar-refractivity contribution in [3.63, 3.8) is 0 Å². The summed E-state index contributed by atoms with van der Waals surface area (Å²) in [5, 5.41) is 0. The van der Waals surface area contributed by atoms with Gasteiger partial charge in [0.2, 0.25) is 0 Å². The first-order chi connectivity index (χ1) is 15.4. The van der Waals surface area contributed by atoms with Crippen molar-refractivity contribution >= 4 is 17.1 Å². The molecule has 2 N–H and O–H groups in total. The Balaban J connectivity index is 0.00000306. The van der Waals surface area contributed by atoms with Crippen LogP contribution in [0.25, 0.3) is 5.57 Å². The third kappa shape index (κ3) is 5.55. The van der Waals surface area contributed by atoms with Crippen molar-refractivity contribution in [1.82, 2.24) is 0 Å². The van der Waals surface area contributed by atoms with Gasteiger partial charge < -0.3 is 5.48 Å². The molecule has 3 heteroatoms. The molecule has 0 radical (unpaired) electrons. The van der Waals surface area contributed by atoms with Crippen molar-refractivity contribution in [3.05, 3.63) is 112 Å². The van der Waals surface area contributed by atoms with Crippen molar-refractivity contribution in [2.24, 2.45) is 10.9 Å². The van der Waals surface area contributed by atoms with E-state index in [1.807, 2.05) is 18.4 Å². The average Bonchev–Trinajstić information content (AvgIpc) is 3.17. The predicted octanol–water partition coefficient (Wildman–Crippen LogP) is 5.52. The number of fused-ring (bicyclic) bond motifs is 1. The van der Waals surface area contributed by atoms with Gasteiger partial charge in [0.15, 0.2) is 0 Å². The third-order valence-electron chi connectivity index (χ3n) is 5.83. The van der Waals surface area contributed by atoms with Gasteiger partial charge in [-0.1, -0.05) is 78.6 Å². The molecule has 0 amide bonds. The first-order valence-electron chi connectivity index (χ1n) is 10.9. The molecule has 2 aromatic rings. The molecule has 3 nitrogen and oxygen atoms in total. The highest BCUT2D eigenvalue weighted by atomic mass is 16.1. The molecule has 0 saturated carbocycles. The van der Waals surface area contributed by atoms with Gasteiger partial charge in [-0.25, -0.2) is 0 Å². The highest BCUT2D eigenvalue weighted by Crippen LogP contribution is 2.30. The Morgan fingerprint density at radius 2 is 1.91 bits per heavy atom. The van der Waals surface area contributed by atoms with Crippen LogP contribution in [0.2, 0.25) is 0 Å². The van der Waals surface area contributed by atoms with E-state index in [1.165, 1.54) is 11.1 Å². The number of Topliss-reactive ketones (excluding diaryl/α,β-unsaturated/α-hetero) is 1. The largest absolute Gasteiger partial charge is 0.412 e. The molecule has 1 atom stereocenters. The van der Waals surface area contributed by atoms with Crippen molar-refractivity contribution in [1.29, 1.82) is 0 Å². The van der Waals surface area contributed by atoms with E-state index in [9.17, 15) is 4.79 Å². The van der Waals surface area contributed by atoms with Crippen LogP contribution >= 0.6 is 0 Å². The molecule has 0 saturated heterocycles. The Bertz CT molecular complexity index is 1290. The molecule has 1 aliphatic heterocycles. The number of hydrogen-bond acceptors (Lipinski definition) is 2. The van der Waals surface area contributed by atoms with Gasteiger partial charge in [0.1, 0.15) is 5.78 Å². The molecule has 0 spiro atoms. The lowest BCUT2D eigenvalue weighted by molar-refractivity contribution is -0.116. The van der Waals surface area contributed by atoms with Crippen LogP contribution in [0.5, 0.6) is 0 Å². The second kappa shape index (κ2) is 10.3. The molecule has 33 heavy (non-hydrogen) atoms. The lowest BCUT2D eigenvalue weighted by atomic mass is 9.86. The first kappa shape index (κ1) is 23.9. The average molecular weight is 436 g/mol. The lowest BCUT2D eigenvalue weighted by Crippen LogP contribution is -2.17. The number of aryl methyl sites for hydroxylation is 2. The van der Waals surface area contributed by atoms with Crippen LogP contribution in [0.3, 0.4) is 0 Å². The quantitative estimate of drug-likeness (QED) is 0.571. The van der Waals surface area contributed by atoms with Gasteiger partial charge in [0, 0.05) is 23.8 Å². The third-order valence-corrected chi connectivity index (χ3v) is 5.83. The monoisotopic (exact) mass is 435 g/mol. The zero-order chi connectivity index (χ0) is 22.7. The number of carbonyl (C=O) groups is 1. The van der Waals surface area contributed by atoms with Crippen LogP contribution in [0, 0.1) is 31.6 Å². The summed E-state index contributed by atoms with van der Waals surface area (Å²) in [5.41, 5.74) is 9.77. The Morgan fingerprint density at radius 3 is 2.67 bits per heavy atom. The van der Waals surface area contributed by atoms with Crippen molar-refractivity contribution < 1.29 is 10.3 Å². The van der Waals surface area contributed by atoms with Gasteiger partial charge in [-0.2, -0.15) is 0 Å². The van der Waals surface area contributed by atoms with Crippen molar-refractivity contribution in [3.8, 4) is 11.8 Å². The molecular formula is C30H29NO2. The number of nitrogens with zero attached hydrogens (tertiary/aromatic N) is 1. The SMILES string of the molecule is C=C(Cc1cccc(C)c1)c1ccc(C)c(C#CC2=CN=C3C(CC(C)=O)=CC=CC23)c1.O. The van der Waals surface area contributed by atoms with Gasteiger partial charge in [0.05, 0.1) is 11.6 Å². The van der Waals surface area contributed by atoms with Crippen LogP contribution in [-0.2, 0) is 11.2 Å². The van der Waals surface area contributed by atoms with E-state index in [0.717, 1.165) is 45.5 Å². The van der Waals surface area contributed by atoms with E-state index in [1.54, 1.807) is 6.92 Å². The molecule has 0 aromatic heterocycles. The molecule has 0 fully saturated rings. The number of allylic oxidation sites excluding steroid dienone is 6. The second-order valence-electron chi connectivity index (χ2n) is 8.58. The van der Waals surface area contributed by atoms with Gasteiger partial charge >= 0.3 is 0 Å². The summed E-state index contributed by atoms with van der Waals surface area (Å²) in [6.07, 6.45) is 9.16. The van der Waals surface area contributed by atoms with E-state index in [4.69, 9.17) is 0 Å². The molecule has 1 heterocycles. The minimum absolute atomic E-state index is 0. The highest BCUT2D eigenvalue weighted by molar-refractivity contribution is 6.10. The van der Waals surface area contributed by atoms with Crippen molar-refractivity contribution in [2.75, 3.05) is 0 Å². The second-order valence-corrected chi connectivity index (χ2v) is 8.58. The van der Waals surface area contributed by atoms with Gasteiger partial charge in [0.25, 0.3) is 0 Å². The number of carbonyl (C=O) groups excluding carboxylic acids is 1. The number of rotatable bonds is 5. The van der Waals surface area contributed by atoms with Crippen LogP contribution in [0.4, 0.5) is 0 Å². The maximum atomic E-state index is 11.6. The Morgan fingerprint density at radius 1 is 1.09 bits per heavy atom. The molecular weight excluding hydrogens is 406 g/mol. The minimum Gasteiger partial charge on any atom is -0.412 e. The highest BCUT2D eigenvalue weighted by Gasteiger charge is 2.26. The van der Waals surface area contributed by atoms with Crippen LogP contribution in [0.1, 0.15) is 41.2 Å². The summed E-state index contributed by atoms with van der Waals surface area (Å²) in [7, 11) is 0. The number of hydrogen-bond donors (Lipinski definition) is 0. The van der Waals surface area contributed by atoms with Crippen molar-refractivity contribution in [2.45, 2.75) is 33.6 Å². The zero-order valence-electron chi connectivity index (χ0n) is 19.4. The summed E-state index contributed by atoms with van der Waals surface area (Å²) in [5.74, 6) is 6.88. The smallest absolute Gasteiger partial charge is 0.134 e. The van der Waals surface area contributed by atoms with E-state index in [0.29, 0.717) is 6.42 Å². The summed E-state index contributed by atoms with van der Waals surface area (Å²) in [4.78, 5) is 16.2. The topological polar surface area (TPSA) is 60.9 Å². The summed E-state index contributed by atoms with van der Waals surface area (Å²) in [6.45, 7) is 10.1. The number of ketones is 1. The van der Waals surface area contributed by atoms with Crippen LogP contribution < -0.4 is 0 Å². The molecule has 0 bridgehead atoms. The summed E-state index contributed by atoms with van der Waals surface area (Å²) in [6, 6.07) is 14.9. The molecule has 1 aliphatic carbocycles. The Hall–Kier alpha value is -3.74.